The Kier molecular flexibility index (Phi) is 4.71. The molecule has 0 atom stereocenters. The largest absolute Gasteiger partial charge is 0.497 e. The minimum atomic E-state index is 0.742. The molecule has 0 aliphatic heterocycles. The zero-order valence-corrected chi connectivity index (χ0v) is 14.0. The van der Waals surface area contributed by atoms with Crippen LogP contribution in [0.4, 0.5) is 5.69 Å². The van der Waals surface area contributed by atoms with Crippen LogP contribution in [-0.2, 0) is 6.54 Å². The fraction of sp³-hybridized carbons (Fsp3) is 0.143. The number of hydrogen-bond donors (Lipinski definition) is 0. The average Bonchev–Trinajstić information content (AvgIpc) is 3.14. The summed E-state index contributed by atoms with van der Waals surface area (Å²) < 4.78 is 10.6. The van der Waals surface area contributed by atoms with Gasteiger partial charge in [-0.15, -0.1) is 0 Å². The standard InChI is InChI=1S/C21H21NO2/c1-16(18-8-12-20(23-3)13-9-18)17-6-10-19(11-7-17)22(2)15-21-5-4-14-24-21/h4-14H,1,15H2,2-3H3. The van der Waals surface area contributed by atoms with Crippen molar-refractivity contribution in [2.45, 2.75) is 6.54 Å². The minimum absolute atomic E-state index is 0.742. The molecule has 3 nitrogen and oxygen atoms in total. The molecule has 0 aliphatic rings. The second-order valence-electron chi connectivity index (χ2n) is 5.69. The van der Waals surface area contributed by atoms with Crippen LogP contribution in [-0.4, -0.2) is 14.2 Å². The Morgan fingerprint density at radius 3 is 2.17 bits per heavy atom. The van der Waals surface area contributed by atoms with Crippen LogP contribution < -0.4 is 9.64 Å². The van der Waals surface area contributed by atoms with Gasteiger partial charge >= 0.3 is 0 Å². The molecule has 122 valence electrons. The van der Waals surface area contributed by atoms with Gasteiger partial charge < -0.3 is 14.1 Å². The lowest BCUT2D eigenvalue weighted by Crippen LogP contribution is -2.15. The van der Waals surface area contributed by atoms with E-state index < -0.39 is 0 Å². The number of hydrogen-bond acceptors (Lipinski definition) is 3. The summed E-state index contributed by atoms with van der Waals surface area (Å²) in [6.45, 7) is 4.96. The predicted molar refractivity (Wildman–Crippen MR) is 98.4 cm³/mol. The van der Waals surface area contributed by atoms with Crippen molar-refractivity contribution in [1.82, 2.24) is 0 Å². The topological polar surface area (TPSA) is 25.6 Å². The van der Waals surface area contributed by atoms with Crippen LogP contribution in [0.2, 0.25) is 0 Å². The number of methoxy groups -OCH3 is 1. The number of benzene rings is 2. The van der Waals surface area contributed by atoms with Crippen molar-refractivity contribution >= 4 is 11.3 Å². The molecule has 0 spiro atoms. The summed E-state index contributed by atoms with van der Waals surface area (Å²) >= 11 is 0. The lowest BCUT2D eigenvalue weighted by molar-refractivity contribution is 0.415. The van der Waals surface area contributed by atoms with Gasteiger partial charge in [-0.05, 0) is 53.1 Å². The van der Waals surface area contributed by atoms with E-state index in [4.69, 9.17) is 9.15 Å². The van der Waals surface area contributed by atoms with Gasteiger partial charge in [-0.25, -0.2) is 0 Å². The number of nitrogens with zero attached hydrogens (tertiary/aromatic N) is 1. The van der Waals surface area contributed by atoms with E-state index >= 15 is 0 Å². The molecule has 0 saturated heterocycles. The average molecular weight is 319 g/mol. The first-order chi connectivity index (χ1) is 11.7. The van der Waals surface area contributed by atoms with Gasteiger partial charge in [0.05, 0.1) is 19.9 Å². The molecule has 0 fully saturated rings. The molecule has 3 aromatic rings. The van der Waals surface area contributed by atoms with Crippen LogP contribution in [0.15, 0.2) is 77.9 Å². The van der Waals surface area contributed by atoms with Crippen molar-refractivity contribution in [2.75, 3.05) is 19.1 Å². The maximum atomic E-state index is 5.40. The Balaban J connectivity index is 1.72. The molecule has 3 rings (SSSR count). The highest BCUT2D eigenvalue weighted by molar-refractivity contribution is 5.79. The van der Waals surface area contributed by atoms with Crippen LogP contribution in [0.25, 0.3) is 5.57 Å². The molecule has 2 aromatic carbocycles. The highest BCUT2D eigenvalue weighted by Crippen LogP contribution is 2.26. The Morgan fingerprint density at radius 1 is 1.00 bits per heavy atom. The van der Waals surface area contributed by atoms with Crippen molar-refractivity contribution in [3.8, 4) is 5.75 Å². The lowest BCUT2D eigenvalue weighted by atomic mass is 9.99. The fourth-order valence-corrected chi connectivity index (χ4v) is 2.60. The Labute approximate surface area is 142 Å². The first-order valence-electron chi connectivity index (χ1n) is 7.84. The van der Waals surface area contributed by atoms with E-state index in [1.165, 1.54) is 0 Å². The molecule has 0 bridgehead atoms. The van der Waals surface area contributed by atoms with Gasteiger partial charge in [-0.2, -0.15) is 0 Å². The Bertz CT molecular complexity index is 787. The molecule has 0 N–H and O–H groups in total. The van der Waals surface area contributed by atoms with E-state index in [2.05, 4.69) is 42.8 Å². The number of ether oxygens (including phenoxy) is 1. The monoisotopic (exact) mass is 319 g/mol. The Morgan fingerprint density at radius 2 is 1.62 bits per heavy atom. The molecule has 24 heavy (non-hydrogen) atoms. The third-order valence-corrected chi connectivity index (χ3v) is 4.07. The van der Waals surface area contributed by atoms with Crippen molar-refractivity contribution in [3.63, 3.8) is 0 Å². The summed E-state index contributed by atoms with van der Waals surface area (Å²) in [5.41, 5.74) is 4.33. The third kappa shape index (κ3) is 3.51. The van der Waals surface area contributed by atoms with Gasteiger partial charge in [-0.1, -0.05) is 30.8 Å². The zero-order valence-electron chi connectivity index (χ0n) is 14.0. The van der Waals surface area contributed by atoms with Crippen LogP contribution in [0.1, 0.15) is 16.9 Å². The van der Waals surface area contributed by atoms with Gasteiger partial charge in [0.2, 0.25) is 0 Å². The molecule has 0 aliphatic carbocycles. The van der Waals surface area contributed by atoms with Gasteiger partial charge in [0.25, 0.3) is 0 Å². The normalized spacial score (nSPS) is 10.4. The number of anilines is 1. The zero-order chi connectivity index (χ0) is 16.9. The maximum absolute atomic E-state index is 5.40. The highest BCUT2D eigenvalue weighted by Gasteiger charge is 2.06. The number of furan rings is 1. The van der Waals surface area contributed by atoms with Gasteiger partial charge in [0, 0.05) is 12.7 Å². The fourth-order valence-electron chi connectivity index (χ4n) is 2.60. The summed E-state index contributed by atoms with van der Waals surface area (Å²) in [5.74, 6) is 1.80. The highest BCUT2D eigenvalue weighted by atomic mass is 16.5. The first kappa shape index (κ1) is 15.9. The molecular weight excluding hydrogens is 298 g/mol. The Hall–Kier alpha value is -2.94. The lowest BCUT2D eigenvalue weighted by Gasteiger charge is -2.18. The molecule has 1 heterocycles. The van der Waals surface area contributed by atoms with E-state index in [0.29, 0.717) is 0 Å². The van der Waals surface area contributed by atoms with Gasteiger partial charge in [0.1, 0.15) is 11.5 Å². The third-order valence-electron chi connectivity index (χ3n) is 4.07. The predicted octanol–water partition coefficient (Wildman–Crippen LogP) is 4.99. The molecule has 3 heteroatoms. The summed E-state index contributed by atoms with van der Waals surface area (Å²) in [7, 11) is 3.72. The summed E-state index contributed by atoms with van der Waals surface area (Å²) in [5, 5.41) is 0. The second-order valence-corrected chi connectivity index (χ2v) is 5.69. The SMILES string of the molecule is C=C(c1ccc(OC)cc1)c1ccc(N(C)Cc2ccco2)cc1. The van der Waals surface area contributed by atoms with Crippen molar-refractivity contribution in [1.29, 1.82) is 0 Å². The van der Waals surface area contributed by atoms with E-state index in [9.17, 15) is 0 Å². The van der Waals surface area contributed by atoms with Crippen LogP contribution in [0, 0.1) is 0 Å². The molecule has 0 unspecified atom stereocenters. The quantitative estimate of drug-likeness (QED) is 0.640. The summed E-state index contributed by atoms with van der Waals surface area (Å²) in [6, 6.07) is 20.2. The van der Waals surface area contributed by atoms with Crippen LogP contribution in [0.3, 0.4) is 0 Å². The number of rotatable bonds is 6. The smallest absolute Gasteiger partial charge is 0.123 e. The summed E-state index contributed by atoms with van der Waals surface area (Å²) in [6.07, 6.45) is 1.70. The summed E-state index contributed by atoms with van der Waals surface area (Å²) in [4.78, 5) is 2.15. The van der Waals surface area contributed by atoms with Crippen LogP contribution in [0.5, 0.6) is 5.75 Å². The van der Waals surface area contributed by atoms with Crippen molar-refractivity contribution in [3.05, 3.63) is 90.4 Å². The molecule has 0 radical (unpaired) electrons. The van der Waals surface area contributed by atoms with E-state index in [-0.39, 0.29) is 0 Å². The second kappa shape index (κ2) is 7.09. The molecule has 1 aromatic heterocycles. The minimum Gasteiger partial charge on any atom is -0.497 e. The van der Waals surface area contributed by atoms with E-state index in [1.807, 2.05) is 36.4 Å². The molecule has 0 saturated carbocycles. The van der Waals surface area contributed by atoms with E-state index in [0.717, 1.165) is 40.4 Å². The first-order valence-corrected chi connectivity index (χ1v) is 7.84. The van der Waals surface area contributed by atoms with Crippen molar-refractivity contribution < 1.29 is 9.15 Å². The molecule has 0 amide bonds. The van der Waals surface area contributed by atoms with Gasteiger partial charge in [0.15, 0.2) is 0 Å². The maximum Gasteiger partial charge on any atom is 0.123 e. The van der Waals surface area contributed by atoms with Crippen molar-refractivity contribution in [2.24, 2.45) is 0 Å². The van der Waals surface area contributed by atoms with Gasteiger partial charge in [-0.3, -0.25) is 0 Å². The molecular formula is C21H21NO2. The van der Waals surface area contributed by atoms with E-state index in [1.54, 1.807) is 13.4 Å². The van der Waals surface area contributed by atoms with Crippen LogP contribution >= 0.6 is 0 Å².